The fraction of sp³-hybridized carbons (Fsp3) is 0.750. The van der Waals surface area contributed by atoms with Crippen LogP contribution in [0.2, 0.25) is 0 Å². The number of amides is 1. The molecule has 0 aliphatic carbocycles. The van der Waals surface area contributed by atoms with Crippen LogP contribution in [0.4, 0.5) is 0 Å². The molecule has 1 aliphatic rings. The number of carbonyl (C=O) groups is 4. The molecule has 2 N–H and O–H groups in total. The Morgan fingerprint density at radius 1 is 1.10 bits per heavy atom. The van der Waals surface area contributed by atoms with E-state index in [9.17, 15) is 24.3 Å². The predicted octanol–water partition coefficient (Wildman–Crippen LogP) is -0.295. The summed E-state index contributed by atoms with van der Waals surface area (Å²) < 4.78 is 21.0. The second kappa shape index (κ2) is 10.6. The Balaban J connectivity index is 3.41. The summed E-state index contributed by atoms with van der Waals surface area (Å²) in [5, 5.41) is 16.8. The van der Waals surface area contributed by atoms with Crippen molar-refractivity contribution in [2.75, 3.05) is 13.2 Å². The normalized spacial score (nSPS) is 28.4. The van der Waals surface area contributed by atoms with Crippen LogP contribution in [0.5, 0.6) is 0 Å². The number of nitrogens with one attached hydrogen (secondary N) is 1. The molecule has 162 valence electrons. The minimum absolute atomic E-state index is 0.228. The summed E-state index contributed by atoms with van der Waals surface area (Å²) >= 11 is 0. The molecule has 0 aromatic rings. The topological polar surface area (TPSA) is 186 Å². The minimum Gasteiger partial charge on any atom is -0.463 e. The van der Waals surface area contributed by atoms with Crippen LogP contribution in [-0.4, -0.2) is 72.2 Å². The van der Waals surface area contributed by atoms with Crippen molar-refractivity contribution in [1.82, 2.24) is 5.32 Å². The summed E-state index contributed by atoms with van der Waals surface area (Å²) in [6, 6.07) is -1.38. The second-order valence-corrected chi connectivity index (χ2v) is 6.33. The van der Waals surface area contributed by atoms with Gasteiger partial charge in [-0.1, -0.05) is 5.11 Å². The van der Waals surface area contributed by atoms with Crippen LogP contribution in [0.15, 0.2) is 5.11 Å². The molecule has 1 amide bonds. The highest BCUT2D eigenvalue weighted by Gasteiger charge is 2.57. The Hall–Kier alpha value is -2.89. The summed E-state index contributed by atoms with van der Waals surface area (Å²) in [4.78, 5) is 48.8. The number of azide groups is 1. The first-order valence-electron chi connectivity index (χ1n) is 8.66. The molecule has 0 saturated carbocycles. The van der Waals surface area contributed by atoms with Gasteiger partial charge in [0.15, 0.2) is 18.0 Å². The molecule has 0 bridgehead atoms. The Morgan fingerprint density at radius 3 is 2.17 bits per heavy atom. The van der Waals surface area contributed by atoms with E-state index in [2.05, 4.69) is 15.3 Å². The summed E-state index contributed by atoms with van der Waals surface area (Å²) in [7, 11) is 0. The lowest BCUT2D eigenvalue weighted by Crippen LogP contribution is -2.71. The molecule has 29 heavy (non-hydrogen) atoms. The molecule has 0 radical (unpaired) electrons. The van der Waals surface area contributed by atoms with Crippen LogP contribution in [0.1, 0.15) is 34.1 Å². The van der Waals surface area contributed by atoms with E-state index < -0.39 is 60.6 Å². The van der Waals surface area contributed by atoms with Gasteiger partial charge >= 0.3 is 17.9 Å². The van der Waals surface area contributed by atoms with Crippen LogP contribution in [0, 0.1) is 0 Å². The van der Waals surface area contributed by atoms with Crippen molar-refractivity contribution in [2.24, 2.45) is 5.11 Å². The predicted molar refractivity (Wildman–Crippen MR) is 93.8 cm³/mol. The van der Waals surface area contributed by atoms with Crippen molar-refractivity contribution in [1.29, 1.82) is 0 Å². The Labute approximate surface area is 166 Å². The van der Waals surface area contributed by atoms with Crippen LogP contribution < -0.4 is 5.32 Å². The number of rotatable bonds is 8. The summed E-state index contributed by atoms with van der Waals surface area (Å²) in [5.74, 6) is -5.00. The van der Waals surface area contributed by atoms with Gasteiger partial charge in [-0.05, 0) is 5.53 Å². The molecular formula is C16H24N4O9. The fourth-order valence-electron chi connectivity index (χ4n) is 2.93. The third-order valence-corrected chi connectivity index (χ3v) is 3.91. The number of ether oxygens (including phenoxy) is 4. The highest BCUT2D eigenvalue weighted by atomic mass is 16.7. The molecule has 0 aromatic carbocycles. The molecule has 5 atom stereocenters. The van der Waals surface area contributed by atoms with E-state index in [0.29, 0.717) is 0 Å². The highest BCUT2D eigenvalue weighted by molar-refractivity contribution is 5.74. The third kappa shape index (κ3) is 7.22. The number of esters is 3. The lowest BCUT2D eigenvalue weighted by molar-refractivity contribution is -0.322. The Morgan fingerprint density at radius 2 is 1.69 bits per heavy atom. The van der Waals surface area contributed by atoms with Crippen LogP contribution >= 0.6 is 0 Å². The van der Waals surface area contributed by atoms with E-state index in [1.54, 1.807) is 0 Å². The maximum atomic E-state index is 11.7. The van der Waals surface area contributed by atoms with Crippen molar-refractivity contribution in [2.45, 2.75) is 64.3 Å². The van der Waals surface area contributed by atoms with Crippen LogP contribution in [0.3, 0.4) is 0 Å². The zero-order valence-corrected chi connectivity index (χ0v) is 16.5. The zero-order valence-electron chi connectivity index (χ0n) is 16.5. The molecular weight excluding hydrogens is 392 g/mol. The summed E-state index contributed by atoms with van der Waals surface area (Å²) in [5.41, 5.74) is 8.48. The molecule has 13 heteroatoms. The average Bonchev–Trinajstić information content (AvgIpc) is 2.58. The number of nitrogens with zero attached hydrogens (tertiary/aromatic N) is 3. The molecule has 1 saturated heterocycles. The van der Waals surface area contributed by atoms with Gasteiger partial charge in [-0.15, -0.1) is 0 Å². The molecule has 0 spiro atoms. The van der Waals surface area contributed by atoms with Crippen molar-refractivity contribution in [3.8, 4) is 0 Å². The van der Waals surface area contributed by atoms with E-state index in [-0.39, 0.29) is 13.0 Å². The first kappa shape index (κ1) is 24.1. The van der Waals surface area contributed by atoms with Crippen molar-refractivity contribution in [3.05, 3.63) is 10.4 Å². The smallest absolute Gasteiger partial charge is 0.303 e. The number of hydrogen-bond acceptors (Lipinski definition) is 10. The zero-order chi connectivity index (χ0) is 22.2. The maximum absolute atomic E-state index is 11.7. The van der Waals surface area contributed by atoms with Gasteiger partial charge in [0.1, 0.15) is 18.8 Å². The lowest BCUT2D eigenvalue weighted by Gasteiger charge is -2.49. The Kier molecular flexibility index (Phi) is 8.83. The van der Waals surface area contributed by atoms with Gasteiger partial charge in [-0.25, -0.2) is 0 Å². The SMILES string of the molecule is CC(=O)N[C@@H]1[C@@H](OC(C)=O)[C@@H](OC(C)=O)[C@@H](COC(C)=O)O[C@@]1(O)CCN=[N+]=[N-]. The molecule has 0 unspecified atom stereocenters. The monoisotopic (exact) mass is 416 g/mol. The molecule has 13 nitrogen and oxygen atoms in total. The fourth-order valence-corrected chi connectivity index (χ4v) is 2.93. The first-order valence-corrected chi connectivity index (χ1v) is 8.66. The van der Waals surface area contributed by atoms with Gasteiger partial charge in [0, 0.05) is 45.6 Å². The average molecular weight is 416 g/mol. The second-order valence-electron chi connectivity index (χ2n) is 6.33. The van der Waals surface area contributed by atoms with Gasteiger partial charge in [0.2, 0.25) is 5.91 Å². The van der Waals surface area contributed by atoms with Gasteiger partial charge < -0.3 is 29.4 Å². The van der Waals surface area contributed by atoms with E-state index in [4.69, 9.17) is 24.5 Å². The van der Waals surface area contributed by atoms with E-state index >= 15 is 0 Å². The molecule has 1 aliphatic heterocycles. The van der Waals surface area contributed by atoms with Crippen molar-refractivity contribution < 1.29 is 43.2 Å². The third-order valence-electron chi connectivity index (χ3n) is 3.91. The number of carbonyl (C=O) groups excluding carboxylic acids is 4. The van der Waals surface area contributed by atoms with Gasteiger partial charge in [-0.3, -0.25) is 19.2 Å². The first-order chi connectivity index (χ1) is 13.5. The number of aliphatic hydroxyl groups is 1. The molecule has 0 aromatic heterocycles. The van der Waals surface area contributed by atoms with Crippen molar-refractivity contribution >= 4 is 23.8 Å². The maximum Gasteiger partial charge on any atom is 0.303 e. The molecule has 1 fully saturated rings. The molecule has 1 heterocycles. The van der Waals surface area contributed by atoms with E-state index in [1.165, 1.54) is 0 Å². The van der Waals surface area contributed by atoms with Gasteiger partial charge in [0.05, 0.1) is 0 Å². The summed E-state index contributed by atoms with van der Waals surface area (Å²) in [6.45, 7) is 3.82. The van der Waals surface area contributed by atoms with Crippen molar-refractivity contribution in [3.63, 3.8) is 0 Å². The Bertz CT molecular complexity index is 694. The summed E-state index contributed by atoms with van der Waals surface area (Å²) in [6.07, 6.45) is -4.24. The quantitative estimate of drug-likeness (QED) is 0.176. The number of hydrogen-bond donors (Lipinski definition) is 2. The molecule has 1 rings (SSSR count). The standard InChI is InChI=1S/C16H24N4O9/c1-8(21)19-15-14(28-11(4)24)13(27-10(3)23)12(7-26-9(2)22)29-16(15,25)5-6-18-20-17/h12-15,25H,5-7H2,1-4H3,(H,19,21)/t12-,13+,14+,15-,16+/m1/s1. The lowest BCUT2D eigenvalue weighted by atomic mass is 9.87. The van der Waals surface area contributed by atoms with Gasteiger partial charge in [0.25, 0.3) is 0 Å². The van der Waals surface area contributed by atoms with E-state index in [0.717, 1.165) is 27.7 Å². The van der Waals surface area contributed by atoms with Crippen LogP contribution in [-0.2, 0) is 38.1 Å². The highest BCUT2D eigenvalue weighted by Crippen LogP contribution is 2.34. The van der Waals surface area contributed by atoms with E-state index in [1.807, 2.05) is 0 Å². The minimum atomic E-state index is -2.19. The van der Waals surface area contributed by atoms with Crippen LogP contribution in [0.25, 0.3) is 10.4 Å². The largest absolute Gasteiger partial charge is 0.463 e. The van der Waals surface area contributed by atoms with Gasteiger partial charge in [-0.2, -0.15) is 0 Å².